The Hall–Kier alpha value is -3.71. The molecule has 0 bridgehead atoms. The van der Waals surface area contributed by atoms with Crippen molar-refractivity contribution < 1.29 is 13.9 Å². The number of ether oxygens (including phenoxy) is 1. The predicted octanol–water partition coefficient (Wildman–Crippen LogP) is 3.68. The number of hydrogen-bond donors (Lipinski definition) is 1. The molecule has 1 N–H and O–H groups in total. The standard InChI is InChI=1S/C25H28FN7O2/c1-3-24(34)32-7-4-23-20(15-32)25(30-33(23)18-5-8-35-9-6-18)29-22-10-16(12-27)19(11-21(22)26)17-13-28-31(2)14-17/h10-11,13-14,18H,3-9,15H2,1-2H3,(H,29,30). The molecule has 0 unspecified atom stereocenters. The Morgan fingerprint density at radius 2 is 2.14 bits per heavy atom. The van der Waals surface area contributed by atoms with E-state index in [0.717, 1.165) is 24.1 Å². The lowest BCUT2D eigenvalue weighted by Gasteiger charge is -2.30. The zero-order valence-corrected chi connectivity index (χ0v) is 19.9. The third-order valence-corrected chi connectivity index (χ3v) is 6.77. The van der Waals surface area contributed by atoms with Gasteiger partial charge in [0, 0.05) is 68.2 Å². The summed E-state index contributed by atoms with van der Waals surface area (Å²) >= 11 is 0. The van der Waals surface area contributed by atoms with Crippen LogP contribution in [0.3, 0.4) is 0 Å². The molecule has 35 heavy (non-hydrogen) atoms. The number of amides is 1. The average Bonchev–Trinajstić information content (AvgIpc) is 3.48. The molecule has 0 aliphatic carbocycles. The molecular formula is C25H28FN7O2. The van der Waals surface area contributed by atoms with Gasteiger partial charge in [0.05, 0.1) is 36.1 Å². The second kappa shape index (κ2) is 9.50. The van der Waals surface area contributed by atoms with Crippen molar-refractivity contribution in [3.8, 4) is 17.2 Å². The van der Waals surface area contributed by atoms with Gasteiger partial charge in [0.2, 0.25) is 5.91 Å². The van der Waals surface area contributed by atoms with Gasteiger partial charge in [-0.05, 0) is 25.0 Å². The first-order chi connectivity index (χ1) is 17.0. The minimum Gasteiger partial charge on any atom is -0.381 e. The van der Waals surface area contributed by atoms with Gasteiger partial charge in [-0.15, -0.1) is 0 Å². The van der Waals surface area contributed by atoms with Crippen LogP contribution < -0.4 is 5.32 Å². The van der Waals surface area contributed by atoms with Crippen LogP contribution in [0.5, 0.6) is 0 Å². The summed E-state index contributed by atoms with van der Waals surface area (Å²) in [6.07, 6.45) is 6.19. The van der Waals surface area contributed by atoms with Gasteiger partial charge in [-0.2, -0.15) is 15.5 Å². The van der Waals surface area contributed by atoms with Crippen molar-refractivity contribution in [2.45, 2.75) is 45.2 Å². The van der Waals surface area contributed by atoms with Gasteiger partial charge >= 0.3 is 0 Å². The molecule has 2 aliphatic heterocycles. The maximum atomic E-state index is 15.3. The van der Waals surface area contributed by atoms with Crippen LogP contribution in [-0.4, -0.2) is 50.1 Å². The van der Waals surface area contributed by atoms with E-state index in [2.05, 4.69) is 16.5 Å². The van der Waals surface area contributed by atoms with Crippen molar-refractivity contribution in [2.75, 3.05) is 25.1 Å². The lowest BCUT2D eigenvalue weighted by molar-refractivity contribution is -0.131. The Balaban J connectivity index is 1.53. The number of nitrogens with zero attached hydrogens (tertiary/aromatic N) is 6. The molecule has 4 heterocycles. The number of aromatic nitrogens is 4. The van der Waals surface area contributed by atoms with Gasteiger partial charge in [-0.25, -0.2) is 4.39 Å². The molecule has 1 aromatic carbocycles. The van der Waals surface area contributed by atoms with Gasteiger partial charge in [0.1, 0.15) is 5.82 Å². The van der Waals surface area contributed by atoms with Crippen molar-refractivity contribution in [3.05, 3.63) is 47.2 Å². The maximum absolute atomic E-state index is 15.3. The van der Waals surface area contributed by atoms with E-state index < -0.39 is 5.82 Å². The molecule has 1 amide bonds. The van der Waals surface area contributed by atoms with Crippen molar-refractivity contribution in [1.29, 1.82) is 5.26 Å². The fourth-order valence-corrected chi connectivity index (χ4v) is 4.90. The largest absolute Gasteiger partial charge is 0.381 e. The number of nitrogens with one attached hydrogen (secondary N) is 1. The molecule has 0 radical (unpaired) electrons. The Kier molecular flexibility index (Phi) is 6.26. The van der Waals surface area contributed by atoms with Crippen molar-refractivity contribution in [3.63, 3.8) is 0 Å². The molecule has 182 valence electrons. The quantitative estimate of drug-likeness (QED) is 0.602. The van der Waals surface area contributed by atoms with E-state index in [9.17, 15) is 10.1 Å². The van der Waals surface area contributed by atoms with Crippen LogP contribution in [0.15, 0.2) is 24.5 Å². The first kappa shape index (κ1) is 23.1. The number of aryl methyl sites for hydroxylation is 1. The first-order valence-electron chi connectivity index (χ1n) is 11.9. The SMILES string of the molecule is CCC(=O)N1CCc2c(c(Nc3cc(C#N)c(-c4cnn(C)c4)cc3F)nn2C2CCOCC2)C1. The second-order valence-corrected chi connectivity index (χ2v) is 9.00. The molecule has 10 heteroatoms. The van der Waals surface area contributed by atoms with Crippen molar-refractivity contribution >= 4 is 17.4 Å². The number of benzene rings is 1. The van der Waals surface area contributed by atoms with Crippen LogP contribution in [0.1, 0.15) is 49.0 Å². The molecule has 1 saturated heterocycles. The summed E-state index contributed by atoms with van der Waals surface area (Å²) in [4.78, 5) is 14.3. The van der Waals surface area contributed by atoms with Crippen LogP contribution >= 0.6 is 0 Å². The van der Waals surface area contributed by atoms with Crippen LogP contribution in [0.2, 0.25) is 0 Å². The first-order valence-corrected chi connectivity index (χ1v) is 11.9. The average molecular weight is 478 g/mol. The number of rotatable bonds is 5. The van der Waals surface area contributed by atoms with E-state index in [0.29, 0.717) is 61.7 Å². The zero-order chi connectivity index (χ0) is 24.5. The Labute approximate surface area is 203 Å². The molecule has 2 aromatic heterocycles. The van der Waals surface area contributed by atoms with E-state index in [1.165, 1.54) is 12.1 Å². The van der Waals surface area contributed by atoms with Crippen molar-refractivity contribution in [1.82, 2.24) is 24.5 Å². The van der Waals surface area contributed by atoms with Gasteiger partial charge < -0.3 is 15.0 Å². The number of fused-ring (bicyclic) bond motifs is 1. The molecule has 1 fully saturated rings. The summed E-state index contributed by atoms with van der Waals surface area (Å²) in [5.41, 5.74) is 3.64. The summed E-state index contributed by atoms with van der Waals surface area (Å²) in [5, 5.41) is 21.9. The van der Waals surface area contributed by atoms with Crippen LogP contribution in [-0.2, 0) is 29.5 Å². The van der Waals surface area contributed by atoms with Crippen LogP contribution in [0.25, 0.3) is 11.1 Å². The maximum Gasteiger partial charge on any atom is 0.222 e. The molecule has 5 rings (SSSR count). The van der Waals surface area contributed by atoms with Gasteiger partial charge in [-0.1, -0.05) is 6.92 Å². The van der Waals surface area contributed by atoms with Gasteiger partial charge in [0.25, 0.3) is 0 Å². The predicted molar refractivity (Wildman–Crippen MR) is 127 cm³/mol. The van der Waals surface area contributed by atoms with E-state index in [4.69, 9.17) is 9.84 Å². The summed E-state index contributed by atoms with van der Waals surface area (Å²) in [7, 11) is 1.77. The minimum atomic E-state index is -0.491. The molecule has 0 atom stereocenters. The number of hydrogen-bond acceptors (Lipinski definition) is 6. The van der Waals surface area contributed by atoms with Gasteiger partial charge in [-0.3, -0.25) is 14.2 Å². The molecule has 9 nitrogen and oxygen atoms in total. The highest BCUT2D eigenvalue weighted by atomic mass is 19.1. The third-order valence-electron chi connectivity index (χ3n) is 6.77. The fourth-order valence-electron chi connectivity index (χ4n) is 4.90. The Morgan fingerprint density at radius 3 is 2.83 bits per heavy atom. The summed E-state index contributed by atoms with van der Waals surface area (Å²) in [6, 6.07) is 5.24. The van der Waals surface area contributed by atoms with E-state index in [1.807, 2.05) is 16.5 Å². The third kappa shape index (κ3) is 4.39. The second-order valence-electron chi connectivity index (χ2n) is 9.00. The molecule has 3 aromatic rings. The topological polar surface area (TPSA) is 101 Å². The van der Waals surface area contributed by atoms with Crippen LogP contribution in [0.4, 0.5) is 15.9 Å². The smallest absolute Gasteiger partial charge is 0.222 e. The highest BCUT2D eigenvalue weighted by molar-refractivity contribution is 5.77. The highest BCUT2D eigenvalue weighted by Gasteiger charge is 2.30. The summed E-state index contributed by atoms with van der Waals surface area (Å²) in [6.45, 7) is 4.27. The molecule has 2 aliphatic rings. The molecular weight excluding hydrogens is 449 g/mol. The Morgan fingerprint density at radius 1 is 1.34 bits per heavy atom. The number of carbonyl (C=O) groups excluding carboxylic acids is 1. The molecule has 0 spiro atoms. The lowest BCUT2D eigenvalue weighted by atomic mass is 10.0. The number of anilines is 2. The van der Waals surface area contributed by atoms with E-state index in [-0.39, 0.29) is 17.6 Å². The van der Waals surface area contributed by atoms with E-state index >= 15 is 4.39 Å². The normalized spacial score (nSPS) is 16.1. The van der Waals surface area contributed by atoms with Gasteiger partial charge in [0.15, 0.2) is 5.82 Å². The van der Waals surface area contributed by atoms with E-state index in [1.54, 1.807) is 24.1 Å². The molecule has 0 saturated carbocycles. The lowest BCUT2D eigenvalue weighted by Crippen LogP contribution is -2.36. The zero-order valence-electron chi connectivity index (χ0n) is 19.9. The number of halogens is 1. The summed E-state index contributed by atoms with van der Waals surface area (Å²) < 4.78 is 24.5. The summed E-state index contributed by atoms with van der Waals surface area (Å²) in [5.74, 6) is 0.116. The fraction of sp³-hybridized carbons (Fsp3) is 0.440. The van der Waals surface area contributed by atoms with Crippen LogP contribution in [0, 0.1) is 17.1 Å². The monoisotopic (exact) mass is 477 g/mol. The number of carbonyl (C=O) groups is 1. The number of nitriles is 1. The highest BCUT2D eigenvalue weighted by Crippen LogP contribution is 2.35. The minimum absolute atomic E-state index is 0.0826. The Bertz CT molecular complexity index is 1300. The van der Waals surface area contributed by atoms with Crippen molar-refractivity contribution in [2.24, 2.45) is 7.05 Å².